The molecule has 0 aliphatic carbocycles. The number of nitrogens with two attached hydrogens (primary N) is 3. The normalized spacial score (nSPS) is 11.9. The zero-order valence-electron chi connectivity index (χ0n) is 15.3. The second-order valence-electron chi connectivity index (χ2n) is 6.69. The van der Waals surface area contributed by atoms with Crippen LogP contribution in [0.3, 0.4) is 0 Å². The number of benzene rings is 2. The summed E-state index contributed by atoms with van der Waals surface area (Å²) in [7, 11) is 0. The fourth-order valence-corrected chi connectivity index (χ4v) is 3.32. The number of fused-ring (bicyclic) bond motifs is 1. The summed E-state index contributed by atoms with van der Waals surface area (Å²) in [6.45, 7) is 1.87. The number of nitrogens with zero attached hydrogens (tertiary/aromatic N) is 2. The first kappa shape index (κ1) is 18.6. The summed E-state index contributed by atoms with van der Waals surface area (Å²) in [6.07, 6.45) is -2.40. The van der Waals surface area contributed by atoms with E-state index in [2.05, 4.69) is 15.0 Å². The minimum Gasteiger partial charge on any atom is -0.398 e. The molecular formula is C20H17F3N6. The predicted octanol–water partition coefficient (Wildman–Crippen LogP) is 4.37. The Labute approximate surface area is 163 Å². The molecule has 0 amide bonds. The van der Waals surface area contributed by atoms with E-state index < -0.39 is 11.7 Å². The second-order valence-corrected chi connectivity index (χ2v) is 6.69. The molecule has 0 bridgehead atoms. The number of anilines is 3. The van der Waals surface area contributed by atoms with Gasteiger partial charge in [0.1, 0.15) is 5.56 Å². The maximum atomic E-state index is 13.7. The standard InChI is InChI=1S/C20H17F3N6/c1-9-3-2-4-10-11(7-27-17(9)10)18-12(20(21,22)23)8-28-19(29-18)15-13(24)5-6-14(25)16(15)26/h2-8,27H,24-26H2,1H3. The molecule has 0 unspecified atom stereocenters. The highest BCUT2D eigenvalue weighted by Gasteiger charge is 2.36. The lowest BCUT2D eigenvalue weighted by Gasteiger charge is -2.15. The first-order chi connectivity index (χ1) is 13.7. The van der Waals surface area contributed by atoms with E-state index in [1.165, 1.54) is 18.3 Å². The Bertz CT molecular complexity index is 1240. The summed E-state index contributed by atoms with van der Waals surface area (Å²) in [5, 5.41) is 0.619. The second kappa shape index (κ2) is 6.40. The lowest BCUT2D eigenvalue weighted by atomic mass is 10.0. The van der Waals surface area contributed by atoms with E-state index in [1.54, 1.807) is 12.1 Å². The Kier molecular flexibility index (Phi) is 4.11. The molecule has 4 aromatic rings. The Balaban J connectivity index is 2.03. The maximum Gasteiger partial charge on any atom is 0.419 e. The highest BCUT2D eigenvalue weighted by Crippen LogP contribution is 2.41. The number of halogens is 3. The molecule has 0 aliphatic heterocycles. The van der Waals surface area contributed by atoms with Crippen molar-refractivity contribution in [3.05, 3.63) is 53.9 Å². The molecule has 6 nitrogen and oxygen atoms in total. The zero-order chi connectivity index (χ0) is 20.9. The van der Waals surface area contributed by atoms with Crippen LogP contribution < -0.4 is 17.2 Å². The number of nitrogens with one attached hydrogen (secondary N) is 1. The number of aromatic nitrogens is 3. The Morgan fingerprint density at radius 1 is 1.00 bits per heavy atom. The number of alkyl halides is 3. The first-order valence-corrected chi connectivity index (χ1v) is 8.63. The van der Waals surface area contributed by atoms with Crippen LogP contribution in [0.1, 0.15) is 11.1 Å². The van der Waals surface area contributed by atoms with Crippen molar-refractivity contribution in [3.8, 4) is 22.6 Å². The lowest BCUT2D eigenvalue weighted by molar-refractivity contribution is -0.137. The summed E-state index contributed by atoms with van der Waals surface area (Å²) in [4.78, 5) is 11.1. The van der Waals surface area contributed by atoms with Crippen LogP contribution in [0, 0.1) is 6.92 Å². The van der Waals surface area contributed by atoms with Crippen LogP contribution in [0.25, 0.3) is 33.5 Å². The highest BCUT2D eigenvalue weighted by atomic mass is 19.4. The molecule has 2 aromatic heterocycles. The van der Waals surface area contributed by atoms with Crippen molar-refractivity contribution in [1.82, 2.24) is 15.0 Å². The largest absolute Gasteiger partial charge is 0.419 e. The molecule has 0 saturated carbocycles. The fraction of sp³-hybridized carbons (Fsp3) is 0.100. The fourth-order valence-electron chi connectivity index (χ4n) is 3.32. The summed E-state index contributed by atoms with van der Waals surface area (Å²) < 4.78 is 41.2. The van der Waals surface area contributed by atoms with Gasteiger partial charge in [-0.2, -0.15) is 13.2 Å². The minimum absolute atomic E-state index is 0.0303. The number of rotatable bonds is 2. The number of aromatic amines is 1. The van der Waals surface area contributed by atoms with Gasteiger partial charge in [0.05, 0.1) is 22.6 Å². The molecule has 0 radical (unpaired) electrons. The van der Waals surface area contributed by atoms with Crippen molar-refractivity contribution < 1.29 is 13.2 Å². The number of hydrogen-bond donors (Lipinski definition) is 4. The van der Waals surface area contributed by atoms with Crippen LogP contribution in [-0.2, 0) is 6.18 Å². The molecule has 9 heteroatoms. The number of hydrogen-bond acceptors (Lipinski definition) is 5. The number of aryl methyl sites for hydroxylation is 1. The maximum absolute atomic E-state index is 13.7. The van der Waals surface area contributed by atoms with Gasteiger partial charge in [-0.15, -0.1) is 0 Å². The van der Waals surface area contributed by atoms with Crippen molar-refractivity contribution >= 4 is 28.0 Å². The smallest absolute Gasteiger partial charge is 0.398 e. The molecule has 148 valence electrons. The van der Waals surface area contributed by atoms with Gasteiger partial charge in [0.2, 0.25) is 0 Å². The van der Waals surface area contributed by atoms with Gasteiger partial charge in [-0.3, -0.25) is 0 Å². The van der Waals surface area contributed by atoms with Gasteiger partial charge in [0.15, 0.2) is 5.82 Å². The Morgan fingerprint density at radius 3 is 2.45 bits per heavy atom. The van der Waals surface area contributed by atoms with Gasteiger partial charge in [-0.25, -0.2) is 9.97 Å². The molecule has 4 rings (SSSR count). The van der Waals surface area contributed by atoms with Gasteiger partial charge in [0.25, 0.3) is 0 Å². The van der Waals surface area contributed by atoms with E-state index in [0.29, 0.717) is 10.9 Å². The molecule has 0 atom stereocenters. The monoisotopic (exact) mass is 398 g/mol. The van der Waals surface area contributed by atoms with Crippen LogP contribution >= 0.6 is 0 Å². The van der Waals surface area contributed by atoms with Crippen LogP contribution in [0.4, 0.5) is 30.2 Å². The van der Waals surface area contributed by atoms with E-state index in [-0.39, 0.29) is 34.1 Å². The summed E-state index contributed by atoms with van der Waals surface area (Å²) in [6, 6.07) is 8.41. The Hall–Kier alpha value is -3.75. The summed E-state index contributed by atoms with van der Waals surface area (Å²) in [5.74, 6) is -0.0303. The van der Waals surface area contributed by atoms with Crippen molar-refractivity contribution in [2.45, 2.75) is 13.1 Å². The van der Waals surface area contributed by atoms with Gasteiger partial charge in [-0.1, -0.05) is 18.2 Å². The third-order valence-electron chi connectivity index (χ3n) is 4.81. The molecule has 2 aromatic carbocycles. The van der Waals surface area contributed by atoms with Crippen molar-refractivity contribution in [1.29, 1.82) is 0 Å². The van der Waals surface area contributed by atoms with E-state index in [0.717, 1.165) is 17.3 Å². The average Bonchev–Trinajstić information content (AvgIpc) is 3.09. The molecule has 0 saturated heterocycles. The van der Waals surface area contributed by atoms with Gasteiger partial charge >= 0.3 is 6.18 Å². The first-order valence-electron chi connectivity index (χ1n) is 8.63. The predicted molar refractivity (Wildman–Crippen MR) is 108 cm³/mol. The van der Waals surface area contributed by atoms with Crippen LogP contribution in [-0.4, -0.2) is 15.0 Å². The number of para-hydroxylation sites is 1. The quantitative estimate of drug-likeness (QED) is 0.374. The molecule has 0 spiro atoms. The molecule has 0 fully saturated rings. The van der Waals surface area contributed by atoms with E-state index in [4.69, 9.17) is 17.2 Å². The number of H-pyrrole nitrogens is 1. The van der Waals surface area contributed by atoms with Crippen molar-refractivity contribution in [2.75, 3.05) is 17.2 Å². The SMILES string of the molecule is Cc1cccc2c(-c3nc(-c4c(N)ccc(N)c4N)ncc3C(F)(F)F)c[nH]c12. The lowest BCUT2D eigenvalue weighted by Crippen LogP contribution is -2.11. The Morgan fingerprint density at radius 2 is 1.72 bits per heavy atom. The highest BCUT2D eigenvalue weighted by molar-refractivity contribution is 5.97. The van der Waals surface area contributed by atoms with Gasteiger partial charge in [-0.05, 0) is 24.6 Å². The molecule has 7 N–H and O–H groups in total. The molecule has 29 heavy (non-hydrogen) atoms. The molecule has 0 aliphatic rings. The molecular weight excluding hydrogens is 381 g/mol. The van der Waals surface area contributed by atoms with Crippen LogP contribution in [0.15, 0.2) is 42.7 Å². The van der Waals surface area contributed by atoms with Crippen LogP contribution in [0.2, 0.25) is 0 Å². The van der Waals surface area contributed by atoms with Crippen molar-refractivity contribution in [2.24, 2.45) is 0 Å². The third kappa shape index (κ3) is 3.00. The summed E-state index contributed by atoms with van der Waals surface area (Å²) >= 11 is 0. The minimum atomic E-state index is -4.64. The van der Waals surface area contributed by atoms with Gasteiger partial charge in [0, 0.05) is 34.5 Å². The van der Waals surface area contributed by atoms with E-state index in [9.17, 15) is 13.2 Å². The van der Waals surface area contributed by atoms with Gasteiger partial charge < -0.3 is 22.2 Å². The zero-order valence-corrected chi connectivity index (χ0v) is 15.3. The average molecular weight is 398 g/mol. The summed E-state index contributed by atoms with van der Waals surface area (Å²) in [5.41, 5.74) is 19.3. The molecule has 2 heterocycles. The topological polar surface area (TPSA) is 120 Å². The number of nitrogen functional groups attached to an aromatic ring is 3. The van der Waals surface area contributed by atoms with Crippen LogP contribution in [0.5, 0.6) is 0 Å². The van der Waals surface area contributed by atoms with Crippen molar-refractivity contribution in [3.63, 3.8) is 0 Å². The third-order valence-corrected chi connectivity index (χ3v) is 4.81. The van der Waals surface area contributed by atoms with E-state index >= 15 is 0 Å². The van der Waals surface area contributed by atoms with E-state index in [1.807, 2.05) is 13.0 Å².